The normalized spacial score (nSPS) is 34.2. The SMILES string of the molecule is C=P(C)(C)CC[C@H]1O[C@@H](N2CCC(=O)NC2=O)[C@H](O)[C@@H]1O. The van der Waals surface area contributed by atoms with Gasteiger partial charge in [0.25, 0.3) is 0 Å². The van der Waals surface area contributed by atoms with Crippen molar-refractivity contribution in [2.75, 3.05) is 26.0 Å². The lowest BCUT2D eigenvalue weighted by molar-refractivity contribution is -0.125. The number of ether oxygens (including phenoxy) is 1. The molecule has 0 spiro atoms. The fourth-order valence-electron chi connectivity index (χ4n) is 2.52. The summed E-state index contributed by atoms with van der Waals surface area (Å²) in [6, 6.07) is -0.590. The lowest BCUT2D eigenvalue weighted by atomic mass is 10.1. The van der Waals surface area contributed by atoms with E-state index in [4.69, 9.17) is 4.74 Å². The van der Waals surface area contributed by atoms with E-state index in [9.17, 15) is 19.8 Å². The van der Waals surface area contributed by atoms with E-state index < -0.39 is 37.5 Å². The standard InChI is InChI=1S/C13H23N2O5P/c1-21(2,3)7-5-8-10(17)11(18)12(20-8)15-6-4-9(16)14-13(15)19/h8,10-12,17-18H,1,4-7H2,2-3H3,(H,14,16,19)/t8-,10-,11-,12-/m1/s1. The third-order valence-corrected chi connectivity index (χ3v) is 5.22. The summed E-state index contributed by atoms with van der Waals surface area (Å²) in [5, 5.41) is 22.4. The topological polar surface area (TPSA) is 99.1 Å². The van der Waals surface area contributed by atoms with E-state index in [-0.39, 0.29) is 18.9 Å². The highest BCUT2D eigenvalue weighted by molar-refractivity contribution is 7.72. The number of carbonyl (C=O) groups excluding carboxylic acids is 2. The summed E-state index contributed by atoms with van der Waals surface area (Å²) in [7, 11) is 0. The van der Waals surface area contributed by atoms with E-state index in [2.05, 4.69) is 24.9 Å². The molecule has 2 fully saturated rings. The van der Waals surface area contributed by atoms with Crippen molar-refractivity contribution < 1.29 is 24.5 Å². The number of carbonyl (C=O) groups is 2. The molecule has 2 aliphatic heterocycles. The van der Waals surface area contributed by atoms with Gasteiger partial charge in [-0.3, -0.25) is 15.0 Å². The highest BCUT2D eigenvalue weighted by Crippen LogP contribution is 2.38. The van der Waals surface area contributed by atoms with Crippen molar-refractivity contribution in [3.63, 3.8) is 0 Å². The first kappa shape index (κ1) is 16.5. The second-order valence-electron chi connectivity index (χ2n) is 6.29. The van der Waals surface area contributed by atoms with Gasteiger partial charge in [0, 0.05) is 13.0 Å². The van der Waals surface area contributed by atoms with Crippen LogP contribution < -0.4 is 5.32 Å². The van der Waals surface area contributed by atoms with Gasteiger partial charge in [-0.1, -0.05) is 0 Å². The minimum Gasteiger partial charge on any atom is -0.388 e. The third-order valence-electron chi connectivity index (χ3n) is 3.75. The highest BCUT2D eigenvalue weighted by Gasteiger charge is 2.47. The van der Waals surface area contributed by atoms with Crippen LogP contribution in [0.4, 0.5) is 4.79 Å². The summed E-state index contributed by atoms with van der Waals surface area (Å²) in [5.74, 6) is -0.343. The quantitative estimate of drug-likeness (QED) is 0.606. The van der Waals surface area contributed by atoms with Gasteiger partial charge in [0.2, 0.25) is 5.91 Å². The Labute approximate surface area is 124 Å². The number of imide groups is 1. The Hall–Kier alpha value is -0.880. The zero-order chi connectivity index (χ0) is 15.8. The number of nitrogens with zero attached hydrogens (tertiary/aromatic N) is 1. The Balaban J connectivity index is 2.01. The predicted molar refractivity (Wildman–Crippen MR) is 80.9 cm³/mol. The molecule has 0 unspecified atom stereocenters. The fourth-order valence-corrected chi connectivity index (χ4v) is 3.48. The van der Waals surface area contributed by atoms with Gasteiger partial charge in [-0.15, -0.1) is 13.2 Å². The smallest absolute Gasteiger partial charge is 0.326 e. The van der Waals surface area contributed by atoms with Crippen LogP contribution in [-0.2, 0) is 9.53 Å². The minimum atomic E-state index is -1.25. The molecule has 120 valence electrons. The van der Waals surface area contributed by atoms with Crippen LogP contribution in [0.5, 0.6) is 0 Å². The van der Waals surface area contributed by atoms with E-state index in [1.165, 1.54) is 4.90 Å². The Morgan fingerprint density at radius 3 is 2.62 bits per heavy atom. The number of hydrogen-bond donors (Lipinski definition) is 3. The number of aliphatic hydroxyl groups excluding tert-OH is 2. The molecule has 8 heteroatoms. The number of amides is 3. The molecule has 21 heavy (non-hydrogen) atoms. The van der Waals surface area contributed by atoms with Crippen molar-refractivity contribution in [3.05, 3.63) is 0 Å². The number of urea groups is 1. The van der Waals surface area contributed by atoms with Crippen molar-refractivity contribution in [2.24, 2.45) is 0 Å². The maximum Gasteiger partial charge on any atom is 0.326 e. The first-order valence-corrected chi connectivity index (χ1v) is 10.0. The molecule has 2 aliphatic rings. The number of aliphatic hydroxyl groups is 2. The van der Waals surface area contributed by atoms with E-state index in [1.807, 2.05) is 0 Å². The second-order valence-corrected chi connectivity index (χ2v) is 10.6. The van der Waals surface area contributed by atoms with Crippen molar-refractivity contribution in [2.45, 2.75) is 37.4 Å². The van der Waals surface area contributed by atoms with Crippen LogP contribution in [0.2, 0.25) is 0 Å². The first-order valence-electron chi connectivity index (χ1n) is 6.98. The van der Waals surface area contributed by atoms with Crippen molar-refractivity contribution in [3.8, 4) is 0 Å². The van der Waals surface area contributed by atoms with Crippen LogP contribution in [-0.4, -0.2) is 83.9 Å². The molecular weight excluding hydrogens is 295 g/mol. The number of hydrogen-bond acceptors (Lipinski definition) is 5. The van der Waals surface area contributed by atoms with Gasteiger partial charge < -0.3 is 14.9 Å². The summed E-state index contributed by atoms with van der Waals surface area (Å²) in [4.78, 5) is 24.2. The van der Waals surface area contributed by atoms with Crippen molar-refractivity contribution in [1.82, 2.24) is 10.2 Å². The summed E-state index contributed by atoms with van der Waals surface area (Å²) < 4.78 is 5.67. The lowest BCUT2D eigenvalue weighted by Crippen LogP contribution is -2.56. The first-order chi connectivity index (χ1) is 9.69. The maximum absolute atomic E-state index is 11.8. The molecule has 0 aliphatic carbocycles. The van der Waals surface area contributed by atoms with Gasteiger partial charge in [-0.25, -0.2) is 4.79 Å². The van der Waals surface area contributed by atoms with E-state index in [0.29, 0.717) is 6.42 Å². The molecule has 0 radical (unpaired) electrons. The lowest BCUT2D eigenvalue weighted by Gasteiger charge is -2.32. The molecular formula is C13H23N2O5P. The molecule has 0 aromatic heterocycles. The maximum atomic E-state index is 11.8. The third kappa shape index (κ3) is 3.86. The minimum absolute atomic E-state index is 0.163. The summed E-state index contributed by atoms with van der Waals surface area (Å²) in [6.45, 7) is 3.11. The zero-order valence-electron chi connectivity index (χ0n) is 12.4. The molecule has 0 bridgehead atoms. The van der Waals surface area contributed by atoms with E-state index in [1.54, 1.807) is 0 Å². The number of rotatable bonds is 4. The van der Waals surface area contributed by atoms with Crippen molar-refractivity contribution in [1.29, 1.82) is 0 Å². The van der Waals surface area contributed by atoms with Crippen molar-refractivity contribution >= 4 is 25.1 Å². The van der Waals surface area contributed by atoms with Crippen LogP contribution in [0.1, 0.15) is 12.8 Å². The second kappa shape index (κ2) is 6.08. The average Bonchev–Trinajstić information content (AvgIpc) is 2.64. The fraction of sp³-hybridized carbons (Fsp3) is 0.769. The molecule has 0 saturated carbocycles. The Kier molecular flexibility index (Phi) is 4.78. The zero-order valence-corrected chi connectivity index (χ0v) is 13.3. The van der Waals surface area contributed by atoms with E-state index in [0.717, 1.165) is 6.16 Å². The molecule has 2 rings (SSSR count). The highest BCUT2D eigenvalue weighted by atomic mass is 31.2. The average molecular weight is 318 g/mol. The molecule has 3 amide bonds. The summed E-state index contributed by atoms with van der Waals surface area (Å²) in [5.41, 5.74) is 0. The van der Waals surface area contributed by atoms with Gasteiger partial charge in [0.05, 0.1) is 6.10 Å². The van der Waals surface area contributed by atoms with Gasteiger partial charge in [-0.05, 0) is 25.9 Å². The number of nitrogens with one attached hydrogen (secondary N) is 1. The summed E-state index contributed by atoms with van der Waals surface area (Å²) in [6.07, 6.45) is 2.06. The van der Waals surface area contributed by atoms with Crippen LogP contribution in [0.3, 0.4) is 0 Å². The monoisotopic (exact) mass is 318 g/mol. The van der Waals surface area contributed by atoms with Gasteiger partial charge >= 0.3 is 6.03 Å². The summed E-state index contributed by atoms with van der Waals surface area (Å²) >= 11 is 0. The molecule has 2 heterocycles. The van der Waals surface area contributed by atoms with Crippen LogP contribution in [0, 0.1) is 0 Å². The molecule has 4 atom stereocenters. The van der Waals surface area contributed by atoms with Crippen LogP contribution in [0.25, 0.3) is 0 Å². The molecule has 3 N–H and O–H groups in total. The van der Waals surface area contributed by atoms with Gasteiger partial charge in [0.1, 0.15) is 12.2 Å². The van der Waals surface area contributed by atoms with Crippen LogP contribution in [0.15, 0.2) is 0 Å². The predicted octanol–water partition coefficient (Wildman–Crippen LogP) is -0.526. The molecule has 0 aromatic carbocycles. The molecule has 2 saturated heterocycles. The van der Waals surface area contributed by atoms with Gasteiger partial charge in [0.15, 0.2) is 6.23 Å². The Bertz CT molecular complexity index is 477. The van der Waals surface area contributed by atoms with Crippen LogP contribution >= 0.6 is 6.89 Å². The molecule has 0 aromatic rings. The van der Waals surface area contributed by atoms with E-state index >= 15 is 0 Å². The van der Waals surface area contributed by atoms with Gasteiger partial charge in [-0.2, -0.15) is 0 Å². The largest absolute Gasteiger partial charge is 0.388 e. The molecule has 7 nitrogen and oxygen atoms in total. The Morgan fingerprint density at radius 2 is 2.05 bits per heavy atom. The Morgan fingerprint density at radius 1 is 1.38 bits per heavy atom.